The summed E-state index contributed by atoms with van der Waals surface area (Å²) in [5.74, 6) is -1.29. The van der Waals surface area contributed by atoms with Crippen molar-refractivity contribution in [2.45, 2.75) is 97.1 Å². The molecule has 0 radical (unpaired) electrons. The largest absolute Gasteiger partial charge is 0.460 e. The summed E-state index contributed by atoms with van der Waals surface area (Å²) in [5.41, 5.74) is 3.32. The van der Waals surface area contributed by atoms with Crippen molar-refractivity contribution in [1.82, 2.24) is 21.1 Å². The predicted molar refractivity (Wildman–Crippen MR) is 145 cm³/mol. The number of hydrogen-bond acceptors (Lipinski definition) is 6. The first kappa shape index (κ1) is 35.9. The number of esters is 1. The Balaban J connectivity index is 0. The number of rotatable bonds is 8. The first-order valence-corrected chi connectivity index (χ1v) is 13.1. The lowest BCUT2D eigenvalue weighted by molar-refractivity contribution is -0.152. The number of carbonyl (C=O) groups is 3. The molecule has 0 aromatic rings. The molecule has 2 amide bonds. The fraction of sp³-hybridized carbons (Fsp3) is 0.792. The molecule has 1 fully saturated rings. The third-order valence-electron chi connectivity index (χ3n) is 4.09. The second kappa shape index (κ2) is 17.3. The van der Waals surface area contributed by atoms with Crippen LogP contribution >= 0.6 is 34.8 Å². The third kappa shape index (κ3) is 17.8. The average molecular weight is 560 g/mol. The average Bonchev–Trinajstić information content (AvgIpc) is 2.74. The van der Waals surface area contributed by atoms with Crippen LogP contribution in [0.25, 0.3) is 0 Å². The van der Waals surface area contributed by atoms with E-state index in [9.17, 15) is 14.4 Å². The van der Waals surface area contributed by atoms with Crippen LogP contribution in [-0.2, 0) is 19.1 Å². The maximum atomic E-state index is 12.7. The van der Waals surface area contributed by atoms with Crippen LogP contribution in [0.4, 0.5) is 0 Å². The zero-order valence-corrected chi connectivity index (χ0v) is 24.9. The van der Waals surface area contributed by atoms with Gasteiger partial charge >= 0.3 is 5.97 Å². The lowest BCUT2D eigenvalue weighted by Gasteiger charge is -2.34. The molecule has 1 aliphatic rings. The molecule has 1 rings (SSSR count). The molecule has 1 heterocycles. The van der Waals surface area contributed by atoms with Crippen LogP contribution in [0, 0.1) is 11.3 Å². The fourth-order valence-electron chi connectivity index (χ4n) is 2.67. The van der Waals surface area contributed by atoms with E-state index in [2.05, 4.69) is 50.3 Å². The summed E-state index contributed by atoms with van der Waals surface area (Å²) in [6, 6.07) is -2.03. The van der Waals surface area contributed by atoms with E-state index >= 15 is 0 Å². The van der Waals surface area contributed by atoms with Crippen molar-refractivity contribution in [2.24, 2.45) is 11.3 Å². The number of alkyl halides is 3. The molecule has 0 spiro atoms. The van der Waals surface area contributed by atoms with Gasteiger partial charge in [0.15, 0.2) is 0 Å². The Hall–Kier alpha value is -1.22. The summed E-state index contributed by atoms with van der Waals surface area (Å²) in [4.78, 5) is 37.2. The normalized spacial score (nSPS) is 17.5. The number of ether oxygens (including phenoxy) is 1. The molecule has 0 saturated carbocycles. The van der Waals surface area contributed by atoms with Crippen LogP contribution in [0.5, 0.6) is 0 Å². The summed E-state index contributed by atoms with van der Waals surface area (Å²) in [5, 5.41) is 6.86. The number of halogens is 3. The molecule has 0 bridgehead atoms. The minimum Gasteiger partial charge on any atom is -0.460 e. The maximum absolute atomic E-state index is 12.7. The summed E-state index contributed by atoms with van der Waals surface area (Å²) in [6.45, 7) is 21.7. The van der Waals surface area contributed by atoms with E-state index in [1.807, 2.05) is 27.7 Å². The second-order valence-corrected chi connectivity index (χ2v) is 12.4. The molecule has 0 aromatic heterocycles. The first-order valence-electron chi connectivity index (χ1n) is 11.9. The van der Waals surface area contributed by atoms with Gasteiger partial charge in [-0.2, -0.15) is 0 Å². The zero-order valence-electron chi connectivity index (χ0n) is 22.6. The van der Waals surface area contributed by atoms with Crippen molar-refractivity contribution in [2.75, 3.05) is 13.2 Å². The molecule has 0 aliphatic carbocycles. The summed E-state index contributed by atoms with van der Waals surface area (Å²) < 4.78 is 3.26. The highest BCUT2D eigenvalue weighted by atomic mass is 35.6. The second-order valence-electron chi connectivity index (χ2n) is 9.86. The minimum absolute atomic E-state index is 0.00508. The number of hydrogen-bond donors (Lipinski definition) is 3. The van der Waals surface area contributed by atoms with E-state index in [0.29, 0.717) is 24.8 Å². The van der Waals surface area contributed by atoms with E-state index in [4.69, 9.17) is 39.5 Å². The van der Waals surface area contributed by atoms with Crippen molar-refractivity contribution in [3.05, 3.63) is 12.8 Å². The van der Waals surface area contributed by atoms with Crippen LogP contribution < -0.4 is 16.1 Å². The van der Waals surface area contributed by atoms with E-state index < -0.39 is 27.9 Å². The van der Waals surface area contributed by atoms with Crippen molar-refractivity contribution in [3.8, 4) is 0 Å². The highest BCUT2D eigenvalue weighted by molar-refractivity contribution is 6.67. The van der Waals surface area contributed by atoms with Gasteiger partial charge in [0.1, 0.15) is 24.7 Å². The monoisotopic (exact) mass is 558 g/mol. The number of nitrogens with one attached hydrogen (secondary N) is 3. The van der Waals surface area contributed by atoms with E-state index in [-0.39, 0.29) is 24.3 Å². The molecule has 1 aliphatic heterocycles. The van der Waals surface area contributed by atoms with Crippen LogP contribution in [0.3, 0.4) is 0 Å². The van der Waals surface area contributed by atoms with Gasteiger partial charge in [-0.3, -0.25) is 19.4 Å². The van der Waals surface area contributed by atoms with Crippen molar-refractivity contribution < 1.29 is 19.1 Å². The standard InChI is InChI=1S/C17H27Cl3N4O4.C5H12.C2H6/c1-5-21-13(10(2)3)14(25)22-11(4)15(26)24-8-6-7-12(23-24)16(27)28-9-17(18,19)20;1-5(2,3)4;1-2/h5,10-13,21,23H,1,6-9H2,2-4H3,(H,22,25);1-4H3;1-2H3. The molecule has 3 unspecified atom stereocenters. The quantitative estimate of drug-likeness (QED) is 0.293. The van der Waals surface area contributed by atoms with Gasteiger partial charge in [0.2, 0.25) is 9.70 Å². The molecule has 3 N–H and O–H groups in total. The molecule has 0 aromatic carbocycles. The molecule has 35 heavy (non-hydrogen) atoms. The topological polar surface area (TPSA) is 99.8 Å². The summed E-state index contributed by atoms with van der Waals surface area (Å²) in [6.07, 6.45) is 2.50. The lowest BCUT2D eigenvalue weighted by Crippen LogP contribution is -2.60. The number of nitrogens with zero attached hydrogens (tertiary/aromatic N) is 1. The zero-order chi connectivity index (χ0) is 28.0. The van der Waals surface area contributed by atoms with Gasteiger partial charge in [0, 0.05) is 6.54 Å². The molecular formula is C24H45Cl3N4O4. The Morgan fingerprint density at radius 1 is 1.14 bits per heavy atom. The van der Waals surface area contributed by atoms with Gasteiger partial charge in [0.25, 0.3) is 5.91 Å². The van der Waals surface area contributed by atoms with Gasteiger partial charge in [-0.05, 0) is 37.3 Å². The Kier molecular flexibility index (Phi) is 17.7. The highest BCUT2D eigenvalue weighted by Gasteiger charge is 2.33. The van der Waals surface area contributed by atoms with Gasteiger partial charge in [-0.15, -0.1) is 0 Å². The van der Waals surface area contributed by atoms with Crippen LogP contribution in [-0.4, -0.2) is 57.9 Å². The van der Waals surface area contributed by atoms with E-state index in [0.717, 1.165) is 0 Å². The van der Waals surface area contributed by atoms with Gasteiger partial charge < -0.3 is 15.4 Å². The van der Waals surface area contributed by atoms with Gasteiger partial charge in [-0.1, -0.05) is 96.8 Å². The molecule has 8 nitrogen and oxygen atoms in total. The Morgan fingerprint density at radius 2 is 1.66 bits per heavy atom. The number of carbonyl (C=O) groups excluding carboxylic acids is 3. The Bertz CT molecular complexity index is 658. The smallest absolute Gasteiger partial charge is 0.325 e. The van der Waals surface area contributed by atoms with Crippen molar-refractivity contribution in [1.29, 1.82) is 0 Å². The lowest BCUT2D eigenvalue weighted by atomic mass is 10.0. The highest BCUT2D eigenvalue weighted by Crippen LogP contribution is 2.26. The third-order valence-corrected chi connectivity index (χ3v) is 4.42. The van der Waals surface area contributed by atoms with E-state index in [1.54, 1.807) is 6.92 Å². The Morgan fingerprint density at radius 3 is 2.09 bits per heavy atom. The molecule has 3 atom stereocenters. The van der Waals surface area contributed by atoms with E-state index in [1.165, 1.54) is 11.2 Å². The number of amides is 2. The molecule has 206 valence electrons. The molecule has 1 saturated heterocycles. The van der Waals surface area contributed by atoms with Crippen LogP contribution in [0.2, 0.25) is 0 Å². The maximum Gasteiger partial charge on any atom is 0.325 e. The number of hydrazine groups is 1. The SMILES string of the molecule is C=CNC(C(=O)NC(C)C(=O)N1CCCC(C(=O)OCC(Cl)(Cl)Cl)N1)C(C)C.CC.CC(C)(C)C. The van der Waals surface area contributed by atoms with Crippen LogP contribution in [0.1, 0.15) is 75.2 Å². The predicted octanol–water partition coefficient (Wildman–Crippen LogP) is 4.74. The van der Waals surface area contributed by atoms with Gasteiger partial charge in [-0.25, -0.2) is 5.43 Å². The molecule has 11 heteroatoms. The summed E-state index contributed by atoms with van der Waals surface area (Å²) >= 11 is 16.7. The van der Waals surface area contributed by atoms with Gasteiger partial charge in [0.05, 0.1) is 0 Å². The summed E-state index contributed by atoms with van der Waals surface area (Å²) in [7, 11) is 0. The minimum atomic E-state index is -1.70. The molecular weight excluding hydrogens is 515 g/mol. The van der Waals surface area contributed by atoms with Crippen molar-refractivity contribution in [3.63, 3.8) is 0 Å². The first-order chi connectivity index (χ1) is 16.0. The fourth-order valence-corrected chi connectivity index (χ4v) is 2.83. The van der Waals surface area contributed by atoms with Crippen molar-refractivity contribution >= 4 is 52.6 Å². The Labute approximate surface area is 226 Å². The van der Waals surface area contributed by atoms with Crippen LogP contribution in [0.15, 0.2) is 12.8 Å².